The number of nitrogens with one attached hydrogen (secondary N) is 1. The molecule has 2 aromatic rings. The van der Waals surface area contributed by atoms with Crippen LogP contribution in [0, 0.1) is 0 Å². The molecule has 21 heavy (non-hydrogen) atoms. The van der Waals surface area contributed by atoms with Gasteiger partial charge in [0.15, 0.2) is 0 Å². The lowest BCUT2D eigenvalue weighted by Crippen LogP contribution is -2.29. The van der Waals surface area contributed by atoms with Gasteiger partial charge < -0.3 is 5.32 Å². The topological polar surface area (TPSA) is 49.4 Å². The molecule has 0 fully saturated rings. The summed E-state index contributed by atoms with van der Waals surface area (Å²) in [5.74, 6) is 0. The number of rotatable bonds is 2. The van der Waals surface area contributed by atoms with Gasteiger partial charge in [0.2, 0.25) is 0 Å². The number of anilines is 1. The molecule has 2 aliphatic rings. The van der Waals surface area contributed by atoms with Gasteiger partial charge in [-0.1, -0.05) is 24.3 Å². The molecule has 0 bridgehead atoms. The van der Waals surface area contributed by atoms with Crippen molar-refractivity contribution in [2.75, 3.05) is 10.8 Å². The Hall–Kier alpha value is -1.85. The average molecular weight is 300 g/mol. The molecule has 2 heterocycles. The van der Waals surface area contributed by atoms with E-state index in [1.807, 2.05) is 36.4 Å². The van der Waals surface area contributed by atoms with E-state index in [9.17, 15) is 8.42 Å². The van der Waals surface area contributed by atoms with Crippen molar-refractivity contribution in [3.8, 4) is 0 Å². The highest BCUT2D eigenvalue weighted by Gasteiger charge is 2.31. The zero-order valence-corrected chi connectivity index (χ0v) is 12.4. The van der Waals surface area contributed by atoms with Crippen LogP contribution in [0.3, 0.4) is 0 Å². The summed E-state index contributed by atoms with van der Waals surface area (Å²) in [6.45, 7) is 2.09. The Labute approximate surface area is 124 Å². The standard InChI is InChI=1S/C16H16N2O2S/c19-21(20,15-6-5-13-10-17-11-14(13)9-15)18-8-7-12-3-1-2-4-16(12)18/h1-6,9,17H,7-8,10-11H2. The first-order valence-electron chi connectivity index (χ1n) is 7.09. The minimum absolute atomic E-state index is 0.390. The fourth-order valence-corrected chi connectivity index (χ4v) is 4.67. The van der Waals surface area contributed by atoms with Crippen molar-refractivity contribution in [3.63, 3.8) is 0 Å². The molecule has 0 spiro atoms. The van der Waals surface area contributed by atoms with Gasteiger partial charge in [-0.3, -0.25) is 4.31 Å². The summed E-state index contributed by atoms with van der Waals surface area (Å²) in [5, 5.41) is 3.24. The molecule has 0 saturated carbocycles. The van der Waals surface area contributed by atoms with E-state index in [0.717, 1.165) is 36.3 Å². The quantitative estimate of drug-likeness (QED) is 0.923. The third kappa shape index (κ3) is 1.96. The van der Waals surface area contributed by atoms with Crippen LogP contribution in [0.5, 0.6) is 0 Å². The molecule has 1 N–H and O–H groups in total. The minimum atomic E-state index is -3.47. The zero-order chi connectivity index (χ0) is 14.4. The molecular weight excluding hydrogens is 284 g/mol. The van der Waals surface area contributed by atoms with E-state index >= 15 is 0 Å². The molecule has 4 nitrogen and oxygen atoms in total. The van der Waals surface area contributed by atoms with Crippen molar-refractivity contribution in [2.24, 2.45) is 0 Å². The predicted molar refractivity (Wildman–Crippen MR) is 81.7 cm³/mol. The highest BCUT2D eigenvalue weighted by Crippen LogP contribution is 2.33. The highest BCUT2D eigenvalue weighted by atomic mass is 32.2. The molecule has 0 saturated heterocycles. The summed E-state index contributed by atoms with van der Waals surface area (Å²) in [5.41, 5.74) is 4.19. The molecule has 2 aliphatic heterocycles. The van der Waals surface area contributed by atoms with Crippen LogP contribution < -0.4 is 9.62 Å². The number of hydrogen-bond acceptors (Lipinski definition) is 3. The van der Waals surface area contributed by atoms with Gasteiger partial charge in [0.25, 0.3) is 10.0 Å². The van der Waals surface area contributed by atoms with E-state index in [4.69, 9.17) is 0 Å². The van der Waals surface area contributed by atoms with Gasteiger partial charge in [-0.15, -0.1) is 0 Å². The first kappa shape index (κ1) is 12.9. The maximum atomic E-state index is 12.9. The number of hydrogen-bond donors (Lipinski definition) is 1. The Bertz CT molecular complexity index is 815. The zero-order valence-electron chi connectivity index (χ0n) is 11.5. The Morgan fingerprint density at radius 1 is 0.952 bits per heavy atom. The molecule has 0 amide bonds. The van der Waals surface area contributed by atoms with Gasteiger partial charge in [0.1, 0.15) is 0 Å². The lowest BCUT2D eigenvalue weighted by molar-refractivity contribution is 0.592. The van der Waals surface area contributed by atoms with Crippen LogP contribution in [0.15, 0.2) is 47.4 Å². The Morgan fingerprint density at radius 3 is 2.67 bits per heavy atom. The van der Waals surface area contributed by atoms with E-state index < -0.39 is 10.0 Å². The molecule has 5 heteroatoms. The molecule has 108 valence electrons. The number of benzene rings is 2. The van der Waals surface area contributed by atoms with Crippen molar-refractivity contribution >= 4 is 15.7 Å². The van der Waals surface area contributed by atoms with Crippen LogP contribution in [0.1, 0.15) is 16.7 Å². The summed E-state index contributed by atoms with van der Waals surface area (Å²) in [6.07, 6.45) is 0.780. The van der Waals surface area contributed by atoms with Crippen LogP contribution in [0.25, 0.3) is 0 Å². The summed E-state index contributed by atoms with van der Waals surface area (Å²) >= 11 is 0. The Balaban J connectivity index is 1.78. The third-order valence-corrected chi connectivity index (χ3v) is 6.05. The number of sulfonamides is 1. The summed E-state index contributed by atoms with van der Waals surface area (Å²) < 4.78 is 27.3. The van der Waals surface area contributed by atoms with Crippen LogP contribution in [-0.2, 0) is 29.5 Å². The fourth-order valence-electron chi connectivity index (χ4n) is 3.12. The maximum absolute atomic E-state index is 12.9. The fraction of sp³-hybridized carbons (Fsp3) is 0.250. The second kappa shape index (κ2) is 4.58. The minimum Gasteiger partial charge on any atom is -0.309 e. The Kier molecular flexibility index (Phi) is 2.80. The SMILES string of the molecule is O=S(=O)(c1ccc2c(c1)CNC2)N1CCc2ccccc21. The molecule has 0 aromatic heterocycles. The molecule has 4 rings (SSSR count). The van der Waals surface area contributed by atoms with E-state index in [1.165, 1.54) is 9.87 Å². The monoisotopic (exact) mass is 300 g/mol. The molecule has 0 unspecified atom stereocenters. The summed E-state index contributed by atoms with van der Waals surface area (Å²) in [6, 6.07) is 13.2. The Morgan fingerprint density at radius 2 is 1.76 bits per heavy atom. The number of fused-ring (bicyclic) bond motifs is 2. The predicted octanol–water partition coefficient (Wildman–Crippen LogP) is 2.04. The second-order valence-corrected chi connectivity index (χ2v) is 7.35. The highest BCUT2D eigenvalue weighted by molar-refractivity contribution is 7.92. The summed E-state index contributed by atoms with van der Waals surface area (Å²) in [7, 11) is -3.47. The van der Waals surface area contributed by atoms with Crippen LogP contribution in [0.4, 0.5) is 5.69 Å². The summed E-state index contributed by atoms with van der Waals surface area (Å²) in [4.78, 5) is 0.390. The van der Waals surface area contributed by atoms with Crippen molar-refractivity contribution in [1.82, 2.24) is 5.32 Å². The van der Waals surface area contributed by atoms with Gasteiger partial charge in [0.05, 0.1) is 10.6 Å². The van der Waals surface area contributed by atoms with Crippen LogP contribution >= 0.6 is 0 Å². The van der Waals surface area contributed by atoms with Crippen molar-refractivity contribution in [1.29, 1.82) is 0 Å². The maximum Gasteiger partial charge on any atom is 0.264 e. The lowest BCUT2D eigenvalue weighted by atomic mass is 10.1. The van der Waals surface area contributed by atoms with Gasteiger partial charge in [0, 0.05) is 19.6 Å². The van der Waals surface area contributed by atoms with Crippen LogP contribution in [0.2, 0.25) is 0 Å². The van der Waals surface area contributed by atoms with Gasteiger partial charge >= 0.3 is 0 Å². The van der Waals surface area contributed by atoms with Crippen LogP contribution in [-0.4, -0.2) is 15.0 Å². The molecular formula is C16H16N2O2S. The van der Waals surface area contributed by atoms with Crippen molar-refractivity contribution in [3.05, 3.63) is 59.2 Å². The molecule has 0 aliphatic carbocycles. The number of nitrogens with zero attached hydrogens (tertiary/aromatic N) is 1. The average Bonchev–Trinajstić information content (AvgIpc) is 3.13. The van der Waals surface area contributed by atoms with E-state index in [0.29, 0.717) is 11.4 Å². The van der Waals surface area contributed by atoms with Crippen molar-refractivity contribution < 1.29 is 8.42 Å². The van der Waals surface area contributed by atoms with Crippen molar-refractivity contribution in [2.45, 2.75) is 24.4 Å². The molecule has 2 aromatic carbocycles. The second-order valence-electron chi connectivity index (χ2n) is 5.49. The first-order chi connectivity index (χ1) is 10.2. The van der Waals surface area contributed by atoms with E-state index in [2.05, 4.69) is 5.32 Å². The smallest absolute Gasteiger partial charge is 0.264 e. The first-order valence-corrected chi connectivity index (χ1v) is 8.53. The van der Waals surface area contributed by atoms with Gasteiger partial charge in [-0.05, 0) is 41.3 Å². The normalized spacial score (nSPS) is 16.9. The lowest BCUT2D eigenvalue weighted by Gasteiger charge is -2.20. The molecule has 0 atom stereocenters. The molecule has 0 radical (unpaired) electrons. The van der Waals surface area contributed by atoms with Gasteiger partial charge in [-0.2, -0.15) is 0 Å². The number of para-hydroxylation sites is 1. The van der Waals surface area contributed by atoms with E-state index in [-0.39, 0.29) is 0 Å². The van der Waals surface area contributed by atoms with E-state index in [1.54, 1.807) is 6.07 Å². The largest absolute Gasteiger partial charge is 0.309 e. The third-order valence-electron chi connectivity index (χ3n) is 4.24. The van der Waals surface area contributed by atoms with Gasteiger partial charge in [-0.25, -0.2) is 8.42 Å².